The largest absolute Gasteiger partial charge is 0.439 e. The van der Waals surface area contributed by atoms with Crippen molar-refractivity contribution < 1.29 is 9.21 Å². The summed E-state index contributed by atoms with van der Waals surface area (Å²) in [7, 11) is 0. The highest BCUT2D eigenvalue weighted by Gasteiger charge is 2.27. The third kappa shape index (κ3) is 2.91. The number of oxazole rings is 1. The maximum absolute atomic E-state index is 12.9. The molecule has 2 aromatic carbocycles. The van der Waals surface area contributed by atoms with Gasteiger partial charge < -0.3 is 8.98 Å². The number of hydrogen-bond acceptors (Lipinski definition) is 4. The van der Waals surface area contributed by atoms with Crippen LogP contribution in [0.1, 0.15) is 33.6 Å². The van der Waals surface area contributed by atoms with Crippen LogP contribution in [0.3, 0.4) is 0 Å². The summed E-state index contributed by atoms with van der Waals surface area (Å²) in [5, 5.41) is 9.54. The minimum absolute atomic E-state index is 0.130. The van der Waals surface area contributed by atoms with Gasteiger partial charge in [-0.2, -0.15) is 5.26 Å². The summed E-state index contributed by atoms with van der Waals surface area (Å²) in [6.45, 7) is 4.07. The molecule has 0 aliphatic carbocycles. The lowest BCUT2D eigenvalue weighted by Crippen LogP contribution is -2.12. The highest BCUT2D eigenvalue weighted by atomic mass is 16.3. The van der Waals surface area contributed by atoms with Crippen molar-refractivity contribution in [3.63, 3.8) is 0 Å². The average molecular weight is 355 g/mol. The minimum atomic E-state index is -1.07. The number of nitriles is 1. The molecule has 132 valence electrons. The average Bonchev–Trinajstić information content (AvgIpc) is 3.25. The molecule has 27 heavy (non-hydrogen) atoms. The molecule has 0 saturated heterocycles. The van der Waals surface area contributed by atoms with Crippen molar-refractivity contribution in [2.75, 3.05) is 0 Å². The fourth-order valence-corrected chi connectivity index (χ4v) is 3.26. The summed E-state index contributed by atoms with van der Waals surface area (Å²) in [5.74, 6) is -1.26. The zero-order valence-corrected chi connectivity index (χ0v) is 15.0. The van der Waals surface area contributed by atoms with Gasteiger partial charge in [0, 0.05) is 22.6 Å². The molecule has 1 atom stereocenters. The van der Waals surface area contributed by atoms with Gasteiger partial charge in [0.2, 0.25) is 5.89 Å². The SMILES string of the molecule is Cc1ccc(C)n1-c1ccc(C(=O)[C@@H](C#N)c2nc3ccccc3o2)cc1. The first kappa shape index (κ1) is 16.8. The van der Waals surface area contributed by atoms with E-state index >= 15 is 0 Å². The predicted octanol–water partition coefficient (Wildman–Crippen LogP) is 4.73. The van der Waals surface area contributed by atoms with E-state index < -0.39 is 5.92 Å². The number of para-hydroxylation sites is 2. The van der Waals surface area contributed by atoms with Crippen LogP contribution in [0.2, 0.25) is 0 Å². The zero-order valence-electron chi connectivity index (χ0n) is 15.0. The molecule has 0 spiro atoms. The summed E-state index contributed by atoms with van der Waals surface area (Å²) < 4.78 is 7.73. The van der Waals surface area contributed by atoms with Gasteiger partial charge in [-0.05, 0) is 62.4 Å². The number of carbonyl (C=O) groups excluding carboxylic acids is 1. The van der Waals surface area contributed by atoms with E-state index in [1.807, 2.05) is 56.3 Å². The third-order valence-electron chi connectivity index (χ3n) is 4.63. The Morgan fingerprint density at radius 2 is 1.70 bits per heavy atom. The van der Waals surface area contributed by atoms with Crippen LogP contribution < -0.4 is 0 Å². The van der Waals surface area contributed by atoms with Crippen molar-refractivity contribution in [1.82, 2.24) is 9.55 Å². The minimum Gasteiger partial charge on any atom is -0.439 e. The Kier molecular flexibility index (Phi) is 4.09. The van der Waals surface area contributed by atoms with Gasteiger partial charge in [0.05, 0.1) is 6.07 Å². The van der Waals surface area contributed by atoms with Gasteiger partial charge in [-0.1, -0.05) is 12.1 Å². The number of nitrogens with zero attached hydrogens (tertiary/aromatic N) is 3. The van der Waals surface area contributed by atoms with Crippen LogP contribution in [-0.4, -0.2) is 15.3 Å². The van der Waals surface area contributed by atoms with Crippen LogP contribution in [0, 0.1) is 25.2 Å². The van der Waals surface area contributed by atoms with E-state index in [0.717, 1.165) is 17.1 Å². The summed E-state index contributed by atoms with van der Waals surface area (Å²) in [4.78, 5) is 17.2. The van der Waals surface area contributed by atoms with E-state index in [-0.39, 0.29) is 11.7 Å². The van der Waals surface area contributed by atoms with Gasteiger partial charge >= 0.3 is 0 Å². The number of benzene rings is 2. The second kappa shape index (κ2) is 6.58. The third-order valence-corrected chi connectivity index (χ3v) is 4.63. The van der Waals surface area contributed by atoms with Crippen LogP contribution in [0.5, 0.6) is 0 Å². The van der Waals surface area contributed by atoms with Crippen molar-refractivity contribution in [1.29, 1.82) is 5.26 Å². The number of rotatable bonds is 4. The molecule has 5 heteroatoms. The predicted molar refractivity (Wildman–Crippen MR) is 102 cm³/mol. The molecule has 0 bridgehead atoms. The Morgan fingerprint density at radius 3 is 2.33 bits per heavy atom. The molecule has 0 radical (unpaired) electrons. The van der Waals surface area contributed by atoms with Gasteiger partial charge in [-0.15, -0.1) is 0 Å². The molecular weight excluding hydrogens is 338 g/mol. The summed E-state index contributed by atoms with van der Waals surface area (Å²) in [6.07, 6.45) is 0. The zero-order chi connectivity index (χ0) is 19.0. The van der Waals surface area contributed by atoms with Crippen molar-refractivity contribution >= 4 is 16.9 Å². The summed E-state index contributed by atoms with van der Waals surface area (Å²) in [6, 6.07) is 20.6. The lowest BCUT2D eigenvalue weighted by atomic mass is 9.98. The molecule has 0 aliphatic heterocycles. The van der Waals surface area contributed by atoms with E-state index in [0.29, 0.717) is 16.7 Å². The number of aryl methyl sites for hydroxylation is 2. The van der Waals surface area contributed by atoms with Crippen LogP contribution in [0.25, 0.3) is 16.8 Å². The molecule has 0 saturated carbocycles. The van der Waals surface area contributed by atoms with Gasteiger partial charge in [0.25, 0.3) is 0 Å². The molecule has 0 fully saturated rings. The Balaban J connectivity index is 1.66. The van der Waals surface area contributed by atoms with E-state index in [1.165, 1.54) is 0 Å². The molecule has 0 aliphatic rings. The molecule has 0 amide bonds. The maximum Gasteiger partial charge on any atom is 0.220 e. The van der Waals surface area contributed by atoms with E-state index in [4.69, 9.17) is 4.42 Å². The molecule has 0 N–H and O–H groups in total. The maximum atomic E-state index is 12.9. The number of hydrogen-bond donors (Lipinski definition) is 0. The van der Waals surface area contributed by atoms with Gasteiger partial charge in [0.15, 0.2) is 17.3 Å². The first-order valence-electron chi connectivity index (χ1n) is 8.63. The first-order chi connectivity index (χ1) is 13.1. The lowest BCUT2D eigenvalue weighted by Gasteiger charge is -2.10. The monoisotopic (exact) mass is 355 g/mol. The molecular formula is C22H17N3O2. The number of fused-ring (bicyclic) bond motifs is 1. The van der Waals surface area contributed by atoms with Crippen molar-refractivity contribution in [2.24, 2.45) is 0 Å². The Labute approximate surface area is 156 Å². The molecule has 4 aromatic rings. The summed E-state index contributed by atoms with van der Waals surface area (Å²) >= 11 is 0. The fourth-order valence-electron chi connectivity index (χ4n) is 3.26. The standard InChI is InChI=1S/C22H17N3O2/c1-14-7-8-15(2)25(14)17-11-9-16(10-12-17)21(26)18(13-23)22-24-19-5-3-4-6-20(19)27-22/h3-12,18H,1-2H3/t18-/m1/s1. The van der Waals surface area contributed by atoms with Crippen LogP contribution in [-0.2, 0) is 0 Å². The molecule has 2 heterocycles. The molecule has 2 aromatic heterocycles. The van der Waals surface area contributed by atoms with E-state index in [1.54, 1.807) is 24.3 Å². The highest BCUT2D eigenvalue weighted by molar-refractivity contribution is 6.02. The highest BCUT2D eigenvalue weighted by Crippen LogP contribution is 2.25. The normalized spacial score (nSPS) is 12.0. The van der Waals surface area contributed by atoms with Crippen LogP contribution >= 0.6 is 0 Å². The first-order valence-corrected chi connectivity index (χ1v) is 8.63. The molecule has 5 nitrogen and oxygen atoms in total. The van der Waals surface area contributed by atoms with Gasteiger partial charge in [0.1, 0.15) is 5.52 Å². The van der Waals surface area contributed by atoms with Crippen LogP contribution in [0.15, 0.2) is 65.1 Å². The second-order valence-electron chi connectivity index (χ2n) is 6.44. The number of aromatic nitrogens is 2. The molecule has 0 unspecified atom stereocenters. The molecule has 4 rings (SSSR count). The quantitative estimate of drug-likeness (QED) is 0.496. The number of ketones is 1. The smallest absolute Gasteiger partial charge is 0.220 e. The Bertz CT molecular complexity index is 1120. The van der Waals surface area contributed by atoms with Crippen molar-refractivity contribution in [3.05, 3.63) is 83.5 Å². The van der Waals surface area contributed by atoms with E-state index in [2.05, 4.69) is 9.55 Å². The van der Waals surface area contributed by atoms with Crippen LogP contribution in [0.4, 0.5) is 0 Å². The van der Waals surface area contributed by atoms with Gasteiger partial charge in [-0.3, -0.25) is 4.79 Å². The number of Topliss-reactive ketones (excluding diaryl/α,β-unsaturated/α-hetero) is 1. The Hall–Kier alpha value is -3.65. The van der Waals surface area contributed by atoms with Crippen molar-refractivity contribution in [2.45, 2.75) is 19.8 Å². The topological polar surface area (TPSA) is 71.8 Å². The number of carbonyl (C=O) groups is 1. The lowest BCUT2D eigenvalue weighted by molar-refractivity contribution is 0.0970. The Morgan fingerprint density at radius 1 is 1.04 bits per heavy atom. The second-order valence-corrected chi connectivity index (χ2v) is 6.44. The van der Waals surface area contributed by atoms with Gasteiger partial charge in [-0.25, -0.2) is 4.98 Å². The van der Waals surface area contributed by atoms with E-state index in [9.17, 15) is 10.1 Å². The summed E-state index contributed by atoms with van der Waals surface area (Å²) in [5.41, 5.74) is 4.86. The fraction of sp³-hybridized carbons (Fsp3) is 0.136. The van der Waals surface area contributed by atoms with Crippen molar-refractivity contribution in [3.8, 4) is 11.8 Å².